The van der Waals surface area contributed by atoms with Gasteiger partial charge in [0.15, 0.2) is 0 Å². The third kappa shape index (κ3) is 4.16. The summed E-state index contributed by atoms with van der Waals surface area (Å²) in [5, 5.41) is 3.52. The molecule has 0 N–H and O–H groups in total. The molecule has 2 aliphatic rings. The van der Waals surface area contributed by atoms with Gasteiger partial charge in [0.05, 0.1) is 17.3 Å². The average molecular weight is 432 g/mol. The van der Waals surface area contributed by atoms with Gasteiger partial charge in [0.1, 0.15) is 0 Å². The van der Waals surface area contributed by atoms with Crippen LogP contribution in [0.4, 0.5) is 31.1 Å². The maximum Gasteiger partial charge on any atom is 0.419 e. The van der Waals surface area contributed by atoms with Crippen LogP contribution in [0.2, 0.25) is 0 Å². The van der Waals surface area contributed by atoms with Crippen molar-refractivity contribution in [2.45, 2.75) is 18.9 Å². The Morgan fingerprint density at radius 1 is 0.967 bits per heavy atom. The predicted octanol–water partition coefficient (Wildman–Crippen LogP) is 3.95. The van der Waals surface area contributed by atoms with Gasteiger partial charge in [-0.25, -0.2) is 4.79 Å². The number of carbonyl (C=O) groups is 1. The quantitative estimate of drug-likeness (QED) is 0.675. The highest BCUT2D eigenvalue weighted by Gasteiger charge is 2.42. The maximum absolute atomic E-state index is 12.9. The number of fused-ring (bicyclic) bond motifs is 1. The first-order valence-corrected chi connectivity index (χ1v) is 9.30. The van der Waals surface area contributed by atoms with Crippen LogP contribution in [0, 0.1) is 11.8 Å². The van der Waals surface area contributed by atoms with Gasteiger partial charge < -0.3 is 4.90 Å². The molecule has 0 spiro atoms. The molecule has 0 bridgehead atoms. The number of aromatic nitrogens is 2. The fourth-order valence-electron chi connectivity index (χ4n) is 4.20. The molecule has 0 radical (unpaired) electrons. The Bertz CT molecular complexity index is 924. The Hall–Kier alpha value is -2.56. The number of benzene rings is 1. The molecule has 2 aromatic rings. The van der Waals surface area contributed by atoms with Crippen molar-refractivity contribution >= 4 is 6.03 Å². The smallest absolute Gasteiger partial charge is 0.322 e. The summed E-state index contributed by atoms with van der Waals surface area (Å²) >= 11 is 0. The van der Waals surface area contributed by atoms with E-state index in [1.807, 2.05) is 4.90 Å². The molecule has 162 valence electrons. The molecule has 2 fully saturated rings. The van der Waals surface area contributed by atoms with E-state index in [1.165, 1.54) is 11.0 Å². The van der Waals surface area contributed by atoms with Crippen LogP contribution in [0.15, 0.2) is 36.7 Å². The number of halogens is 6. The summed E-state index contributed by atoms with van der Waals surface area (Å²) in [7, 11) is 0. The lowest BCUT2D eigenvalue weighted by Gasteiger charge is -2.21. The molecule has 2 atom stereocenters. The monoisotopic (exact) mass is 432 g/mol. The molecule has 5 nitrogen and oxygen atoms in total. The molecule has 2 aliphatic heterocycles. The largest absolute Gasteiger partial charge is 0.419 e. The summed E-state index contributed by atoms with van der Waals surface area (Å²) in [6, 6.07) is 4.60. The van der Waals surface area contributed by atoms with Crippen molar-refractivity contribution in [1.82, 2.24) is 19.6 Å². The molecule has 30 heavy (non-hydrogen) atoms. The van der Waals surface area contributed by atoms with E-state index in [2.05, 4.69) is 5.10 Å². The Balaban J connectivity index is 1.35. The van der Waals surface area contributed by atoms with Crippen LogP contribution in [0.3, 0.4) is 0 Å². The van der Waals surface area contributed by atoms with Gasteiger partial charge in [-0.1, -0.05) is 18.2 Å². The molecule has 1 aromatic carbocycles. The summed E-state index contributed by atoms with van der Waals surface area (Å²) in [5.41, 5.74) is -1.11. The van der Waals surface area contributed by atoms with Crippen LogP contribution in [0.1, 0.15) is 16.7 Å². The minimum atomic E-state index is -4.57. The molecule has 11 heteroatoms. The minimum absolute atomic E-state index is 0.123. The van der Waals surface area contributed by atoms with Crippen molar-refractivity contribution in [2.75, 3.05) is 26.2 Å². The number of nitrogens with zero attached hydrogens (tertiary/aromatic N) is 4. The molecule has 2 saturated heterocycles. The van der Waals surface area contributed by atoms with E-state index < -0.39 is 29.5 Å². The third-order valence-corrected chi connectivity index (χ3v) is 5.60. The van der Waals surface area contributed by atoms with Crippen molar-refractivity contribution in [2.24, 2.45) is 11.8 Å². The van der Waals surface area contributed by atoms with Crippen LogP contribution in [0.5, 0.6) is 0 Å². The number of hydrogen-bond donors (Lipinski definition) is 0. The molecule has 0 saturated carbocycles. The molecule has 2 unspecified atom stereocenters. The minimum Gasteiger partial charge on any atom is -0.322 e. The lowest BCUT2D eigenvalue weighted by atomic mass is 10.0. The van der Waals surface area contributed by atoms with Gasteiger partial charge in [0.25, 0.3) is 0 Å². The molecular weight excluding hydrogens is 414 g/mol. The summed E-state index contributed by atoms with van der Waals surface area (Å²) in [6.07, 6.45) is -7.66. The molecule has 1 amide bonds. The summed E-state index contributed by atoms with van der Waals surface area (Å²) in [6.45, 7) is 2.35. The van der Waals surface area contributed by atoms with Crippen molar-refractivity contribution in [3.63, 3.8) is 0 Å². The number of carbonyl (C=O) groups excluding carboxylic acids is 1. The van der Waals surface area contributed by atoms with Crippen LogP contribution < -0.4 is 0 Å². The first-order valence-electron chi connectivity index (χ1n) is 9.30. The molecule has 0 aliphatic carbocycles. The highest BCUT2D eigenvalue weighted by atomic mass is 19.4. The molecule has 1 aromatic heterocycles. The lowest BCUT2D eigenvalue weighted by molar-refractivity contribution is -0.138. The SMILES string of the molecule is O=C(N1CC2CN(Cc3cccc(C(F)(F)F)c3)CC2C1)n1cc(C(F)(F)F)cn1. The lowest BCUT2D eigenvalue weighted by Crippen LogP contribution is -2.36. The van der Waals surface area contributed by atoms with Crippen LogP contribution in [0.25, 0.3) is 0 Å². The number of hydrogen-bond acceptors (Lipinski definition) is 3. The van der Waals surface area contributed by atoms with Crippen molar-refractivity contribution in [3.05, 3.63) is 53.3 Å². The van der Waals surface area contributed by atoms with Gasteiger partial charge in [0.2, 0.25) is 0 Å². The standard InChI is InChI=1S/C19H18F6N4O/c20-18(21,22)15-3-1-2-12(4-15)6-27-7-13-9-28(10-14(13)8-27)17(30)29-11-16(5-26-29)19(23,24)25/h1-5,11,13-14H,6-10H2. The first kappa shape index (κ1) is 20.7. The second-order valence-corrected chi connectivity index (χ2v) is 7.77. The zero-order valence-corrected chi connectivity index (χ0v) is 15.6. The zero-order chi connectivity index (χ0) is 21.7. The highest BCUT2D eigenvalue weighted by molar-refractivity contribution is 5.76. The summed E-state index contributed by atoms with van der Waals surface area (Å²) < 4.78 is 77.4. The second-order valence-electron chi connectivity index (χ2n) is 7.77. The summed E-state index contributed by atoms with van der Waals surface area (Å²) in [4.78, 5) is 16.0. The van der Waals surface area contributed by atoms with E-state index in [-0.39, 0.29) is 11.8 Å². The fourth-order valence-corrected chi connectivity index (χ4v) is 4.20. The Labute approximate surface area is 167 Å². The average Bonchev–Trinajstić information content (AvgIpc) is 3.34. The second kappa shape index (κ2) is 7.29. The van der Waals surface area contributed by atoms with Gasteiger partial charge in [-0.3, -0.25) is 4.90 Å². The number of rotatable bonds is 2. The van der Waals surface area contributed by atoms with Gasteiger partial charge >= 0.3 is 18.4 Å². The number of amides is 1. The van der Waals surface area contributed by atoms with Crippen molar-refractivity contribution < 1.29 is 31.1 Å². The topological polar surface area (TPSA) is 41.4 Å². The van der Waals surface area contributed by atoms with Crippen LogP contribution in [-0.2, 0) is 18.9 Å². The zero-order valence-electron chi connectivity index (χ0n) is 15.6. The van der Waals surface area contributed by atoms with Gasteiger partial charge in [-0.05, 0) is 23.5 Å². The van der Waals surface area contributed by atoms with Crippen LogP contribution in [-0.4, -0.2) is 51.8 Å². The molecular formula is C19H18F6N4O. The highest BCUT2D eigenvalue weighted by Crippen LogP contribution is 2.34. The number of alkyl halides is 6. The maximum atomic E-state index is 12.9. The van der Waals surface area contributed by atoms with E-state index in [0.717, 1.165) is 12.1 Å². The van der Waals surface area contributed by atoms with Gasteiger partial charge in [-0.2, -0.15) is 36.1 Å². The normalized spacial score (nSPS) is 22.5. The van der Waals surface area contributed by atoms with Crippen LogP contribution >= 0.6 is 0 Å². The van der Waals surface area contributed by atoms with Crippen molar-refractivity contribution in [3.8, 4) is 0 Å². The Kier molecular flexibility index (Phi) is 5.03. The summed E-state index contributed by atoms with van der Waals surface area (Å²) in [5.74, 6) is 0.245. The third-order valence-electron chi connectivity index (χ3n) is 5.60. The molecule has 3 heterocycles. The van der Waals surface area contributed by atoms with E-state index in [0.29, 0.717) is 55.4 Å². The van der Waals surface area contributed by atoms with E-state index >= 15 is 0 Å². The Morgan fingerprint density at radius 3 is 2.17 bits per heavy atom. The van der Waals surface area contributed by atoms with E-state index in [4.69, 9.17) is 0 Å². The van der Waals surface area contributed by atoms with Gasteiger partial charge in [-0.15, -0.1) is 0 Å². The number of likely N-dealkylation sites (tertiary alicyclic amines) is 2. The Morgan fingerprint density at radius 2 is 1.60 bits per heavy atom. The first-order chi connectivity index (χ1) is 14.0. The van der Waals surface area contributed by atoms with E-state index in [9.17, 15) is 31.1 Å². The fraction of sp³-hybridized carbons (Fsp3) is 0.474. The molecule has 4 rings (SSSR count). The van der Waals surface area contributed by atoms with Gasteiger partial charge in [0, 0.05) is 38.9 Å². The predicted molar refractivity (Wildman–Crippen MR) is 93.3 cm³/mol. The van der Waals surface area contributed by atoms with E-state index in [1.54, 1.807) is 6.07 Å². The van der Waals surface area contributed by atoms with Crippen molar-refractivity contribution in [1.29, 1.82) is 0 Å².